The smallest absolute Gasteiger partial charge is 0.0662 e. The van der Waals surface area contributed by atoms with Crippen LogP contribution in [0, 0.1) is 5.41 Å². The second kappa shape index (κ2) is 8.17. The van der Waals surface area contributed by atoms with E-state index in [-0.39, 0.29) is 31.8 Å². The SMILES string of the molecule is OCC1(CO)CCCCC1.OCCO. The molecule has 0 radical (unpaired) electrons. The fourth-order valence-electron chi connectivity index (χ4n) is 1.67. The van der Waals surface area contributed by atoms with E-state index in [9.17, 15) is 0 Å². The summed E-state index contributed by atoms with van der Waals surface area (Å²) in [4.78, 5) is 0. The van der Waals surface area contributed by atoms with Gasteiger partial charge >= 0.3 is 0 Å². The van der Waals surface area contributed by atoms with Crippen molar-refractivity contribution in [1.82, 2.24) is 0 Å². The normalized spacial score (nSPS) is 19.7. The van der Waals surface area contributed by atoms with Crippen LogP contribution in [-0.4, -0.2) is 46.9 Å². The van der Waals surface area contributed by atoms with E-state index in [0.29, 0.717) is 0 Å². The lowest BCUT2D eigenvalue weighted by Crippen LogP contribution is -2.31. The van der Waals surface area contributed by atoms with Crippen LogP contribution in [0.5, 0.6) is 0 Å². The van der Waals surface area contributed by atoms with Crippen LogP contribution in [-0.2, 0) is 0 Å². The van der Waals surface area contributed by atoms with Crippen molar-refractivity contribution >= 4 is 0 Å². The lowest BCUT2D eigenvalue weighted by molar-refractivity contribution is 0.0234. The average Bonchev–Trinajstić information content (AvgIpc) is 2.30. The lowest BCUT2D eigenvalue weighted by atomic mass is 9.75. The maximum absolute atomic E-state index is 8.98. The molecule has 1 saturated carbocycles. The third kappa shape index (κ3) is 4.91. The van der Waals surface area contributed by atoms with Gasteiger partial charge in [-0.2, -0.15) is 0 Å². The summed E-state index contributed by atoms with van der Waals surface area (Å²) in [6.07, 6.45) is 5.60. The summed E-state index contributed by atoms with van der Waals surface area (Å²) in [5, 5.41) is 33.2. The van der Waals surface area contributed by atoms with Gasteiger partial charge in [-0.15, -0.1) is 0 Å². The Labute approximate surface area is 85.2 Å². The molecule has 1 aliphatic carbocycles. The molecule has 0 aromatic rings. The molecule has 0 bridgehead atoms. The molecule has 4 heteroatoms. The zero-order chi connectivity index (χ0) is 10.9. The molecule has 0 unspecified atom stereocenters. The fourth-order valence-corrected chi connectivity index (χ4v) is 1.67. The molecule has 1 aliphatic rings. The van der Waals surface area contributed by atoms with Crippen molar-refractivity contribution in [2.24, 2.45) is 5.41 Å². The first-order valence-corrected chi connectivity index (χ1v) is 5.18. The predicted octanol–water partition coefficient (Wildman–Crippen LogP) is -0.108. The number of hydrogen-bond donors (Lipinski definition) is 4. The molecule has 0 saturated heterocycles. The van der Waals surface area contributed by atoms with Crippen LogP contribution in [0.25, 0.3) is 0 Å². The lowest BCUT2D eigenvalue weighted by Gasteiger charge is -2.33. The minimum Gasteiger partial charge on any atom is -0.396 e. The Kier molecular flexibility index (Phi) is 8.08. The first-order chi connectivity index (χ1) is 6.74. The van der Waals surface area contributed by atoms with Gasteiger partial charge in [-0.1, -0.05) is 19.3 Å². The molecule has 1 rings (SSSR count). The Morgan fingerprint density at radius 3 is 1.36 bits per heavy atom. The summed E-state index contributed by atoms with van der Waals surface area (Å²) in [6, 6.07) is 0. The molecule has 0 aromatic carbocycles. The van der Waals surface area contributed by atoms with Crippen LogP contribution < -0.4 is 0 Å². The van der Waals surface area contributed by atoms with Gasteiger partial charge in [0, 0.05) is 5.41 Å². The first-order valence-electron chi connectivity index (χ1n) is 5.18. The van der Waals surface area contributed by atoms with E-state index in [1.165, 1.54) is 19.3 Å². The summed E-state index contributed by atoms with van der Waals surface area (Å²) in [6.45, 7) is 0.0625. The van der Waals surface area contributed by atoms with Crippen molar-refractivity contribution < 1.29 is 20.4 Å². The Morgan fingerprint density at radius 2 is 1.14 bits per heavy atom. The van der Waals surface area contributed by atoms with E-state index in [1.54, 1.807) is 0 Å². The highest BCUT2D eigenvalue weighted by Crippen LogP contribution is 2.34. The van der Waals surface area contributed by atoms with E-state index in [4.69, 9.17) is 20.4 Å². The average molecular weight is 206 g/mol. The molecule has 4 nitrogen and oxygen atoms in total. The van der Waals surface area contributed by atoms with Crippen molar-refractivity contribution in [1.29, 1.82) is 0 Å². The van der Waals surface area contributed by atoms with Crippen molar-refractivity contribution in [3.63, 3.8) is 0 Å². The molecule has 0 amide bonds. The van der Waals surface area contributed by atoms with Crippen LogP contribution in [0.2, 0.25) is 0 Å². The summed E-state index contributed by atoms with van der Waals surface area (Å²) < 4.78 is 0. The first kappa shape index (κ1) is 13.8. The third-order valence-corrected chi connectivity index (χ3v) is 2.69. The minimum absolute atomic E-state index is 0.125. The molecule has 0 atom stereocenters. The fraction of sp³-hybridized carbons (Fsp3) is 1.00. The van der Waals surface area contributed by atoms with Gasteiger partial charge in [0.2, 0.25) is 0 Å². The van der Waals surface area contributed by atoms with Crippen LogP contribution >= 0.6 is 0 Å². The summed E-state index contributed by atoms with van der Waals surface area (Å²) in [5.41, 5.74) is -0.127. The van der Waals surface area contributed by atoms with Gasteiger partial charge in [0.15, 0.2) is 0 Å². The molecule has 0 spiro atoms. The predicted molar refractivity (Wildman–Crippen MR) is 53.9 cm³/mol. The van der Waals surface area contributed by atoms with Crippen molar-refractivity contribution in [2.45, 2.75) is 32.1 Å². The zero-order valence-electron chi connectivity index (χ0n) is 8.65. The standard InChI is InChI=1S/C8H16O2.C2H6O2/c9-6-8(7-10)4-2-1-3-5-8;3-1-2-4/h9-10H,1-7H2;3-4H,1-2H2. The highest BCUT2D eigenvalue weighted by Gasteiger charge is 2.30. The number of aliphatic hydroxyl groups is 4. The van der Waals surface area contributed by atoms with E-state index >= 15 is 0 Å². The zero-order valence-corrected chi connectivity index (χ0v) is 8.65. The second-order valence-corrected chi connectivity index (χ2v) is 3.82. The van der Waals surface area contributed by atoms with Gasteiger partial charge in [0.1, 0.15) is 0 Å². The molecule has 14 heavy (non-hydrogen) atoms. The summed E-state index contributed by atoms with van der Waals surface area (Å²) in [7, 11) is 0. The van der Waals surface area contributed by atoms with E-state index < -0.39 is 0 Å². The van der Waals surface area contributed by atoms with Crippen molar-refractivity contribution in [2.75, 3.05) is 26.4 Å². The molecule has 1 fully saturated rings. The van der Waals surface area contributed by atoms with E-state index in [0.717, 1.165) is 12.8 Å². The highest BCUT2D eigenvalue weighted by molar-refractivity contribution is 4.80. The summed E-state index contributed by atoms with van der Waals surface area (Å²) in [5.74, 6) is 0. The molecular weight excluding hydrogens is 184 g/mol. The van der Waals surface area contributed by atoms with Gasteiger partial charge in [0.05, 0.1) is 26.4 Å². The largest absolute Gasteiger partial charge is 0.396 e. The van der Waals surface area contributed by atoms with Crippen molar-refractivity contribution in [3.8, 4) is 0 Å². The molecule has 86 valence electrons. The van der Waals surface area contributed by atoms with Crippen LogP contribution in [0.1, 0.15) is 32.1 Å². The topological polar surface area (TPSA) is 80.9 Å². The van der Waals surface area contributed by atoms with E-state index in [2.05, 4.69) is 0 Å². The summed E-state index contributed by atoms with van der Waals surface area (Å²) >= 11 is 0. The van der Waals surface area contributed by atoms with Gasteiger partial charge in [-0.05, 0) is 12.8 Å². The monoisotopic (exact) mass is 206 g/mol. The molecule has 0 aromatic heterocycles. The third-order valence-electron chi connectivity index (χ3n) is 2.69. The number of hydrogen-bond acceptors (Lipinski definition) is 4. The van der Waals surface area contributed by atoms with Gasteiger partial charge in [-0.25, -0.2) is 0 Å². The second-order valence-electron chi connectivity index (χ2n) is 3.82. The van der Waals surface area contributed by atoms with Crippen LogP contribution in [0.15, 0.2) is 0 Å². The van der Waals surface area contributed by atoms with Gasteiger partial charge < -0.3 is 20.4 Å². The quantitative estimate of drug-likeness (QED) is 0.519. The van der Waals surface area contributed by atoms with E-state index in [1.807, 2.05) is 0 Å². The Bertz CT molecular complexity index is 113. The Hall–Kier alpha value is -0.160. The molecule has 0 aliphatic heterocycles. The molecule has 4 N–H and O–H groups in total. The number of rotatable bonds is 3. The van der Waals surface area contributed by atoms with Crippen molar-refractivity contribution in [3.05, 3.63) is 0 Å². The van der Waals surface area contributed by atoms with Gasteiger partial charge in [-0.3, -0.25) is 0 Å². The number of aliphatic hydroxyl groups excluding tert-OH is 4. The van der Waals surface area contributed by atoms with Gasteiger partial charge in [0.25, 0.3) is 0 Å². The molecule has 0 heterocycles. The molecular formula is C10H22O4. The Morgan fingerprint density at radius 1 is 0.714 bits per heavy atom. The highest BCUT2D eigenvalue weighted by atomic mass is 16.3. The van der Waals surface area contributed by atoms with Crippen LogP contribution in [0.4, 0.5) is 0 Å². The maximum Gasteiger partial charge on any atom is 0.0662 e. The maximum atomic E-state index is 8.98. The minimum atomic E-state index is -0.127. The van der Waals surface area contributed by atoms with Crippen LogP contribution in [0.3, 0.4) is 0 Å². The Balaban J connectivity index is 0.000000364.